The van der Waals surface area contributed by atoms with E-state index in [9.17, 15) is 0 Å². The second-order valence-corrected chi connectivity index (χ2v) is 4.25. The lowest BCUT2D eigenvalue weighted by molar-refractivity contribution is 1.46. The van der Waals surface area contributed by atoms with Crippen LogP contribution in [0.1, 0.15) is 5.56 Å². The molecule has 0 spiro atoms. The molecule has 0 amide bonds. The molecular formula is C13H8Cl2N2. The Balaban J connectivity index is 2.34. The first-order valence-electron chi connectivity index (χ1n) is 4.92. The summed E-state index contributed by atoms with van der Waals surface area (Å²) in [6.07, 6.45) is 0. The highest BCUT2D eigenvalue weighted by molar-refractivity contribution is 6.32. The third kappa shape index (κ3) is 2.71. The summed E-state index contributed by atoms with van der Waals surface area (Å²) in [7, 11) is 0. The second-order valence-electron chi connectivity index (χ2n) is 3.41. The summed E-state index contributed by atoms with van der Waals surface area (Å²) in [6.45, 7) is 0. The quantitative estimate of drug-likeness (QED) is 0.858. The molecule has 2 aromatic carbocycles. The van der Waals surface area contributed by atoms with Crippen molar-refractivity contribution in [1.82, 2.24) is 0 Å². The van der Waals surface area contributed by atoms with Gasteiger partial charge in [-0.3, -0.25) is 0 Å². The van der Waals surface area contributed by atoms with E-state index in [2.05, 4.69) is 11.4 Å². The van der Waals surface area contributed by atoms with Gasteiger partial charge in [0.15, 0.2) is 0 Å². The lowest BCUT2D eigenvalue weighted by Crippen LogP contribution is -1.93. The molecular weight excluding hydrogens is 255 g/mol. The summed E-state index contributed by atoms with van der Waals surface area (Å²) in [6, 6.07) is 14.6. The van der Waals surface area contributed by atoms with E-state index in [1.54, 1.807) is 30.3 Å². The Hall–Kier alpha value is -1.69. The largest absolute Gasteiger partial charge is 0.354 e. The normalized spacial score (nSPS) is 9.71. The van der Waals surface area contributed by atoms with Crippen LogP contribution >= 0.6 is 23.2 Å². The SMILES string of the molecule is N#Cc1c(Cl)cccc1Nc1ccc(Cl)cc1. The maximum atomic E-state index is 9.03. The van der Waals surface area contributed by atoms with Gasteiger partial charge in [0, 0.05) is 10.7 Å². The number of nitrogens with zero attached hydrogens (tertiary/aromatic N) is 1. The van der Waals surface area contributed by atoms with Gasteiger partial charge < -0.3 is 5.32 Å². The molecule has 1 N–H and O–H groups in total. The van der Waals surface area contributed by atoms with E-state index in [0.717, 1.165) is 5.69 Å². The Bertz CT molecular complexity index is 571. The third-order valence-corrected chi connectivity index (χ3v) is 2.82. The summed E-state index contributed by atoms with van der Waals surface area (Å²) >= 11 is 11.7. The van der Waals surface area contributed by atoms with Crippen molar-refractivity contribution in [3.63, 3.8) is 0 Å². The van der Waals surface area contributed by atoms with Gasteiger partial charge in [-0.2, -0.15) is 5.26 Å². The summed E-state index contributed by atoms with van der Waals surface area (Å²) < 4.78 is 0. The minimum absolute atomic E-state index is 0.434. The zero-order valence-electron chi connectivity index (χ0n) is 8.74. The van der Waals surface area contributed by atoms with Gasteiger partial charge in [0.1, 0.15) is 6.07 Å². The maximum absolute atomic E-state index is 9.03. The predicted octanol–water partition coefficient (Wildman–Crippen LogP) is 4.61. The Kier molecular flexibility index (Phi) is 3.53. The number of anilines is 2. The highest BCUT2D eigenvalue weighted by Gasteiger charge is 2.06. The van der Waals surface area contributed by atoms with Crippen molar-refractivity contribution < 1.29 is 0 Å². The molecule has 0 aliphatic carbocycles. The summed E-state index contributed by atoms with van der Waals surface area (Å²) in [5, 5.41) is 13.3. The molecule has 0 saturated carbocycles. The van der Waals surface area contributed by atoms with Crippen LogP contribution in [0.25, 0.3) is 0 Å². The lowest BCUT2D eigenvalue weighted by Gasteiger charge is -2.08. The molecule has 0 aliphatic rings. The number of hydrogen-bond donors (Lipinski definition) is 1. The van der Waals surface area contributed by atoms with E-state index in [1.165, 1.54) is 0 Å². The Morgan fingerprint density at radius 3 is 2.35 bits per heavy atom. The van der Waals surface area contributed by atoms with Crippen LogP contribution in [0.3, 0.4) is 0 Å². The molecule has 0 saturated heterocycles. The first-order valence-corrected chi connectivity index (χ1v) is 5.67. The molecule has 2 rings (SSSR count). The molecule has 0 unspecified atom stereocenters. The fourth-order valence-electron chi connectivity index (χ4n) is 1.43. The topological polar surface area (TPSA) is 35.8 Å². The van der Waals surface area contributed by atoms with Crippen LogP contribution in [0.2, 0.25) is 10.0 Å². The van der Waals surface area contributed by atoms with Crippen molar-refractivity contribution in [3.8, 4) is 6.07 Å². The van der Waals surface area contributed by atoms with E-state index < -0.39 is 0 Å². The van der Waals surface area contributed by atoms with Crippen molar-refractivity contribution in [3.05, 3.63) is 58.1 Å². The minimum Gasteiger partial charge on any atom is -0.354 e. The number of benzene rings is 2. The van der Waals surface area contributed by atoms with E-state index in [4.69, 9.17) is 28.5 Å². The van der Waals surface area contributed by atoms with E-state index >= 15 is 0 Å². The Morgan fingerprint density at radius 2 is 1.71 bits per heavy atom. The highest BCUT2D eigenvalue weighted by atomic mass is 35.5. The second kappa shape index (κ2) is 5.09. The molecule has 0 heterocycles. The van der Waals surface area contributed by atoms with Crippen molar-refractivity contribution in [2.45, 2.75) is 0 Å². The molecule has 0 bridgehead atoms. The van der Waals surface area contributed by atoms with E-state index in [0.29, 0.717) is 21.3 Å². The van der Waals surface area contributed by atoms with Crippen LogP contribution in [0.15, 0.2) is 42.5 Å². The predicted molar refractivity (Wildman–Crippen MR) is 70.9 cm³/mol. The molecule has 84 valence electrons. The van der Waals surface area contributed by atoms with Crippen LogP contribution < -0.4 is 5.32 Å². The number of nitrogens with one attached hydrogen (secondary N) is 1. The van der Waals surface area contributed by atoms with Crippen molar-refractivity contribution >= 4 is 34.6 Å². The molecule has 0 atom stereocenters. The summed E-state index contributed by atoms with van der Waals surface area (Å²) in [5.74, 6) is 0. The monoisotopic (exact) mass is 262 g/mol. The van der Waals surface area contributed by atoms with Crippen LogP contribution in [0, 0.1) is 11.3 Å². The van der Waals surface area contributed by atoms with Gasteiger partial charge in [-0.25, -0.2) is 0 Å². The smallest absolute Gasteiger partial charge is 0.103 e. The molecule has 4 heteroatoms. The van der Waals surface area contributed by atoms with Crippen molar-refractivity contribution in [2.24, 2.45) is 0 Å². The van der Waals surface area contributed by atoms with Gasteiger partial charge in [0.05, 0.1) is 16.3 Å². The Labute approximate surface area is 109 Å². The zero-order valence-corrected chi connectivity index (χ0v) is 10.3. The highest BCUT2D eigenvalue weighted by Crippen LogP contribution is 2.26. The number of nitriles is 1. The van der Waals surface area contributed by atoms with Crippen LogP contribution in [0.5, 0.6) is 0 Å². The molecule has 0 aliphatic heterocycles. The first-order chi connectivity index (χ1) is 8.20. The van der Waals surface area contributed by atoms with Crippen LogP contribution in [-0.4, -0.2) is 0 Å². The average molecular weight is 263 g/mol. The van der Waals surface area contributed by atoms with Gasteiger partial charge in [0.25, 0.3) is 0 Å². The number of rotatable bonds is 2. The first kappa shape index (κ1) is 11.8. The van der Waals surface area contributed by atoms with Crippen LogP contribution in [-0.2, 0) is 0 Å². The van der Waals surface area contributed by atoms with E-state index in [-0.39, 0.29) is 0 Å². The zero-order chi connectivity index (χ0) is 12.3. The fourth-order valence-corrected chi connectivity index (χ4v) is 1.77. The number of hydrogen-bond acceptors (Lipinski definition) is 2. The average Bonchev–Trinajstić information content (AvgIpc) is 2.32. The summed E-state index contributed by atoms with van der Waals surface area (Å²) in [4.78, 5) is 0. The molecule has 0 fully saturated rings. The third-order valence-electron chi connectivity index (χ3n) is 2.25. The summed E-state index contributed by atoms with van der Waals surface area (Å²) in [5.41, 5.74) is 1.97. The lowest BCUT2D eigenvalue weighted by atomic mass is 10.2. The van der Waals surface area contributed by atoms with Gasteiger partial charge in [-0.15, -0.1) is 0 Å². The molecule has 0 radical (unpaired) electrons. The van der Waals surface area contributed by atoms with Crippen LogP contribution in [0.4, 0.5) is 11.4 Å². The fraction of sp³-hybridized carbons (Fsp3) is 0. The van der Waals surface area contributed by atoms with Gasteiger partial charge in [-0.1, -0.05) is 29.3 Å². The van der Waals surface area contributed by atoms with Gasteiger partial charge in [-0.05, 0) is 36.4 Å². The minimum atomic E-state index is 0.434. The molecule has 2 nitrogen and oxygen atoms in total. The maximum Gasteiger partial charge on any atom is 0.103 e. The van der Waals surface area contributed by atoms with Crippen molar-refractivity contribution in [1.29, 1.82) is 5.26 Å². The Morgan fingerprint density at radius 1 is 1.00 bits per heavy atom. The molecule has 2 aromatic rings. The van der Waals surface area contributed by atoms with E-state index in [1.807, 2.05) is 12.1 Å². The van der Waals surface area contributed by atoms with Gasteiger partial charge >= 0.3 is 0 Å². The standard InChI is InChI=1S/C13H8Cl2N2/c14-9-4-6-10(7-5-9)17-13-3-1-2-12(15)11(13)8-16/h1-7,17H. The molecule has 17 heavy (non-hydrogen) atoms. The van der Waals surface area contributed by atoms with Gasteiger partial charge in [0.2, 0.25) is 0 Å². The number of halogens is 2. The molecule has 0 aromatic heterocycles. The van der Waals surface area contributed by atoms with Crippen molar-refractivity contribution in [2.75, 3.05) is 5.32 Å².